The van der Waals surface area contributed by atoms with Gasteiger partial charge >= 0.3 is 0 Å². The number of likely N-dealkylation sites (tertiary alicyclic amines) is 1. The van der Waals surface area contributed by atoms with Gasteiger partial charge in [0.05, 0.1) is 0 Å². The van der Waals surface area contributed by atoms with Crippen LogP contribution in [-0.4, -0.2) is 23.8 Å². The second kappa shape index (κ2) is 5.70. The molecule has 1 rings (SSSR count). The molecule has 0 saturated carbocycles. The third-order valence-electron chi connectivity index (χ3n) is 3.57. The molecule has 0 aromatic heterocycles. The van der Waals surface area contributed by atoms with E-state index in [-0.39, 0.29) is 5.41 Å². The Bertz CT molecular complexity index is 227. The molecule has 1 aliphatic rings. The van der Waals surface area contributed by atoms with Crippen LogP contribution in [-0.2, 0) is 0 Å². The lowest BCUT2D eigenvalue weighted by Crippen LogP contribution is -2.39. The molecular weight excluding hydrogens is 196 g/mol. The topological polar surface area (TPSA) is 27.1 Å². The Morgan fingerprint density at radius 3 is 2.50 bits per heavy atom. The van der Waals surface area contributed by atoms with Gasteiger partial charge in [-0.15, -0.1) is 0 Å². The Morgan fingerprint density at radius 2 is 1.94 bits per heavy atom. The summed E-state index contributed by atoms with van der Waals surface area (Å²) >= 11 is 0. The maximum Gasteiger partial charge on any atom is 0.101 e. The summed E-state index contributed by atoms with van der Waals surface area (Å²) in [6.45, 7) is 10.9. The summed E-state index contributed by atoms with van der Waals surface area (Å²) < 4.78 is 0. The second-order valence-corrected chi connectivity index (χ2v) is 6.17. The van der Waals surface area contributed by atoms with Crippen molar-refractivity contribution in [2.75, 3.05) is 13.1 Å². The molecule has 1 atom stereocenters. The van der Waals surface area contributed by atoms with Crippen molar-refractivity contribution < 1.29 is 0 Å². The van der Waals surface area contributed by atoms with E-state index in [0.717, 1.165) is 24.8 Å². The number of nitrogens with one attached hydrogen (secondary N) is 1. The van der Waals surface area contributed by atoms with Crippen LogP contribution in [0.4, 0.5) is 0 Å². The SMILES string of the molecule is CCCC1CCCN(C(=N)C(C)(C)C)CC1. The van der Waals surface area contributed by atoms with E-state index in [0.29, 0.717) is 0 Å². The highest BCUT2D eigenvalue weighted by atomic mass is 15.2. The highest BCUT2D eigenvalue weighted by Crippen LogP contribution is 2.25. The third kappa shape index (κ3) is 3.80. The molecule has 2 heteroatoms. The largest absolute Gasteiger partial charge is 0.360 e. The van der Waals surface area contributed by atoms with E-state index in [9.17, 15) is 0 Å². The van der Waals surface area contributed by atoms with Crippen LogP contribution in [0.15, 0.2) is 0 Å². The lowest BCUT2D eigenvalue weighted by molar-refractivity contribution is 0.364. The lowest BCUT2D eigenvalue weighted by Gasteiger charge is -2.31. The summed E-state index contributed by atoms with van der Waals surface area (Å²) in [6, 6.07) is 0. The Labute approximate surface area is 101 Å². The molecule has 1 aliphatic heterocycles. The maximum atomic E-state index is 8.23. The Morgan fingerprint density at radius 1 is 1.25 bits per heavy atom. The summed E-state index contributed by atoms with van der Waals surface area (Å²) in [5.74, 6) is 1.73. The van der Waals surface area contributed by atoms with E-state index in [2.05, 4.69) is 32.6 Å². The average molecular weight is 224 g/mol. The van der Waals surface area contributed by atoms with Crippen LogP contribution >= 0.6 is 0 Å². The minimum absolute atomic E-state index is 0.00456. The van der Waals surface area contributed by atoms with Crippen molar-refractivity contribution >= 4 is 5.84 Å². The predicted octanol–water partition coefficient (Wildman–Crippen LogP) is 3.91. The number of hydrogen-bond acceptors (Lipinski definition) is 1. The molecule has 0 amide bonds. The molecule has 0 aromatic rings. The normalized spacial score (nSPS) is 23.0. The van der Waals surface area contributed by atoms with Gasteiger partial charge in [0.15, 0.2) is 0 Å². The fourth-order valence-corrected chi connectivity index (χ4v) is 2.56. The van der Waals surface area contributed by atoms with Gasteiger partial charge in [-0.1, -0.05) is 40.5 Å². The first-order valence-corrected chi connectivity index (χ1v) is 6.79. The van der Waals surface area contributed by atoms with Gasteiger partial charge in [-0.2, -0.15) is 0 Å². The van der Waals surface area contributed by atoms with Gasteiger partial charge in [0, 0.05) is 18.5 Å². The van der Waals surface area contributed by atoms with Crippen molar-refractivity contribution in [3.8, 4) is 0 Å². The van der Waals surface area contributed by atoms with Gasteiger partial charge in [-0.3, -0.25) is 5.41 Å². The fraction of sp³-hybridized carbons (Fsp3) is 0.929. The van der Waals surface area contributed by atoms with Crippen LogP contribution in [0.3, 0.4) is 0 Å². The first-order chi connectivity index (χ1) is 7.45. The molecule has 16 heavy (non-hydrogen) atoms. The molecule has 0 aliphatic carbocycles. The first-order valence-electron chi connectivity index (χ1n) is 6.79. The highest BCUT2D eigenvalue weighted by Gasteiger charge is 2.25. The molecule has 0 spiro atoms. The van der Waals surface area contributed by atoms with E-state index >= 15 is 0 Å². The van der Waals surface area contributed by atoms with E-state index < -0.39 is 0 Å². The van der Waals surface area contributed by atoms with Crippen molar-refractivity contribution in [3.63, 3.8) is 0 Å². The monoisotopic (exact) mass is 224 g/mol. The zero-order valence-corrected chi connectivity index (χ0v) is 11.5. The number of nitrogens with zero attached hydrogens (tertiary/aromatic N) is 1. The molecular formula is C14H28N2. The molecule has 2 nitrogen and oxygen atoms in total. The smallest absolute Gasteiger partial charge is 0.101 e. The molecule has 0 bridgehead atoms. The van der Waals surface area contributed by atoms with Gasteiger partial charge in [0.25, 0.3) is 0 Å². The van der Waals surface area contributed by atoms with E-state index in [1.807, 2.05) is 0 Å². The fourth-order valence-electron chi connectivity index (χ4n) is 2.56. The first kappa shape index (κ1) is 13.5. The van der Waals surface area contributed by atoms with Gasteiger partial charge < -0.3 is 4.90 Å². The molecule has 94 valence electrons. The van der Waals surface area contributed by atoms with Crippen LogP contribution in [0.25, 0.3) is 0 Å². The Balaban J connectivity index is 2.50. The van der Waals surface area contributed by atoms with E-state index in [4.69, 9.17) is 5.41 Å². The number of hydrogen-bond donors (Lipinski definition) is 1. The Hall–Kier alpha value is -0.530. The van der Waals surface area contributed by atoms with Gasteiger partial charge in [-0.05, 0) is 25.2 Å². The van der Waals surface area contributed by atoms with Crippen molar-refractivity contribution in [3.05, 3.63) is 0 Å². The zero-order valence-electron chi connectivity index (χ0n) is 11.5. The predicted molar refractivity (Wildman–Crippen MR) is 71.0 cm³/mol. The van der Waals surface area contributed by atoms with Crippen LogP contribution in [0.1, 0.15) is 59.8 Å². The molecule has 0 radical (unpaired) electrons. The maximum absolute atomic E-state index is 8.23. The average Bonchev–Trinajstić information content (AvgIpc) is 2.41. The van der Waals surface area contributed by atoms with Crippen molar-refractivity contribution in [1.82, 2.24) is 4.90 Å². The van der Waals surface area contributed by atoms with E-state index in [1.54, 1.807) is 0 Å². The van der Waals surface area contributed by atoms with Crippen LogP contribution in [0, 0.1) is 16.7 Å². The minimum atomic E-state index is 0.00456. The summed E-state index contributed by atoms with van der Waals surface area (Å²) in [5, 5.41) is 8.23. The van der Waals surface area contributed by atoms with E-state index in [1.165, 1.54) is 32.1 Å². The minimum Gasteiger partial charge on any atom is -0.360 e. The van der Waals surface area contributed by atoms with Gasteiger partial charge in [0.1, 0.15) is 5.84 Å². The summed E-state index contributed by atoms with van der Waals surface area (Å²) in [7, 11) is 0. The summed E-state index contributed by atoms with van der Waals surface area (Å²) in [6.07, 6.45) is 6.59. The van der Waals surface area contributed by atoms with Crippen molar-refractivity contribution in [1.29, 1.82) is 5.41 Å². The quantitative estimate of drug-likeness (QED) is 0.559. The second-order valence-electron chi connectivity index (χ2n) is 6.17. The van der Waals surface area contributed by atoms with Crippen molar-refractivity contribution in [2.24, 2.45) is 11.3 Å². The zero-order chi connectivity index (χ0) is 12.2. The summed E-state index contributed by atoms with van der Waals surface area (Å²) in [4.78, 5) is 2.30. The molecule has 0 aromatic carbocycles. The van der Waals surface area contributed by atoms with Gasteiger partial charge in [-0.25, -0.2) is 0 Å². The molecule has 1 fully saturated rings. The highest BCUT2D eigenvalue weighted by molar-refractivity contribution is 5.84. The summed E-state index contributed by atoms with van der Waals surface area (Å²) in [5.41, 5.74) is 0.00456. The van der Waals surface area contributed by atoms with Crippen LogP contribution in [0.5, 0.6) is 0 Å². The van der Waals surface area contributed by atoms with Crippen molar-refractivity contribution in [2.45, 2.75) is 59.8 Å². The van der Waals surface area contributed by atoms with Crippen LogP contribution in [0.2, 0.25) is 0 Å². The van der Waals surface area contributed by atoms with Gasteiger partial charge in [0.2, 0.25) is 0 Å². The number of amidine groups is 1. The lowest BCUT2D eigenvalue weighted by atomic mass is 9.93. The van der Waals surface area contributed by atoms with Crippen LogP contribution < -0.4 is 0 Å². The standard InChI is InChI=1S/C14H28N2/c1-5-7-12-8-6-10-16(11-9-12)13(15)14(2,3)4/h12,15H,5-11H2,1-4H3. The molecule has 1 N–H and O–H groups in total. The molecule has 1 saturated heterocycles. The third-order valence-corrected chi connectivity index (χ3v) is 3.57. The molecule has 1 heterocycles. The number of rotatable bonds is 2. The molecule has 1 unspecified atom stereocenters. The Kier molecular flexibility index (Phi) is 4.82.